The Morgan fingerprint density at radius 3 is 2.83 bits per heavy atom. The van der Waals surface area contributed by atoms with Gasteiger partial charge in [-0.1, -0.05) is 6.07 Å². The van der Waals surface area contributed by atoms with Gasteiger partial charge in [-0.05, 0) is 31.2 Å². The van der Waals surface area contributed by atoms with E-state index in [9.17, 15) is 13.6 Å². The summed E-state index contributed by atoms with van der Waals surface area (Å²) in [6.45, 7) is 2.36. The van der Waals surface area contributed by atoms with Crippen molar-refractivity contribution in [3.05, 3.63) is 70.8 Å². The number of halogens is 2. The molecule has 8 nitrogen and oxygen atoms in total. The molecule has 0 saturated heterocycles. The monoisotopic (exact) mass is 411 g/mol. The van der Waals surface area contributed by atoms with Crippen LogP contribution in [0.1, 0.15) is 51.4 Å². The molecule has 4 aromatic heterocycles. The van der Waals surface area contributed by atoms with Crippen LogP contribution in [0.2, 0.25) is 0 Å². The van der Waals surface area contributed by atoms with Gasteiger partial charge in [0.05, 0.1) is 23.2 Å². The Kier molecular flexibility index (Phi) is 4.16. The molecule has 1 aliphatic heterocycles. The second kappa shape index (κ2) is 6.75. The minimum Gasteiger partial charge on any atom is -0.348 e. The molecule has 0 radical (unpaired) electrons. The van der Waals surface area contributed by atoms with Crippen LogP contribution in [0.25, 0.3) is 5.52 Å². The van der Waals surface area contributed by atoms with Crippen LogP contribution in [0, 0.1) is 6.92 Å². The average molecular weight is 411 g/mol. The molecule has 4 aromatic rings. The fourth-order valence-corrected chi connectivity index (χ4v) is 4.04. The van der Waals surface area contributed by atoms with Crippen molar-refractivity contribution >= 4 is 11.4 Å². The van der Waals surface area contributed by atoms with E-state index >= 15 is 0 Å². The lowest BCUT2D eigenvalue weighted by molar-refractivity contribution is 0.0675. The zero-order valence-electron chi connectivity index (χ0n) is 16.4. The molecule has 0 saturated carbocycles. The summed E-state index contributed by atoms with van der Waals surface area (Å²) in [5.74, 6) is -0.385. The Labute approximate surface area is 170 Å². The van der Waals surface area contributed by atoms with Crippen LogP contribution in [0.15, 0.2) is 36.7 Å². The lowest BCUT2D eigenvalue weighted by Crippen LogP contribution is -2.41. The first-order valence-electron chi connectivity index (χ1n) is 9.54. The maximum atomic E-state index is 13.4. The summed E-state index contributed by atoms with van der Waals surface area (Å²) in [6.07, 6.45) is -0.552. The summed E-state index contributed by atoms with van der Waals surface area (Å²) in [7, 11) is 1.49. The number of aromatic amines is 1. The number of imidazole rings is 1. The molecule has 1 N–H and O–H groups in total. The van der Waals surface area contributed by atoms with Gasteiger partial charge in [0, 0.05) is 31.4 Å². The number of aromatic nitrogens is 6. The fraction of sp³-hybridized carbons (Fsp3) is 0.300. The van der Waals surface area contributed by atoms with Gasteiger partial charge >= 0.3 is 0 Å². The third-order valence-corrected chi connectivity index (χ3v) is 5.50. The zero-order valence-corrected chi connectivity index (χ0v) is 16.4. The zero-order chi connectivity index (χ0) is 21.0. The normalized spacial score (nSPS) is 16.4. The Morgan fingerprint density at radius 1 is 1.27 bits per heavy atom. The number of alkyl halides is 2. The Bertz CT molecular complexity index is 1260. The molecule has 0 fully saturated rings. The molecule has 0 aliphatic carbocycles. The predicted octanol–water partition coefficient (Wildman–Crippen LogP) is 2.82. The van der Waals surface area contributed by atoms with E-state index in [2.05, 4.69) is 15.1 Å². The van der Waals surface area contributed by atoms with E-state index in [0.717, 1.165) is 23.0 Å². The number of hydrogen-bond donors (Lipinski definition) is 1. The highest BCUT2D eigenvalue weighted by Crippen LogP contribution is 2.34. The molecule has 5 rings (SSSR count). The molecular weight excluding hydrogens is 392 g/mol. The Balaban J connectivity index is 1.62. The van der Waals surface area contributed by atoms with Crippen LogP contribution in [0.3, 0.4) is 0 Å². The number of carbonyl (C=O) groups is 1. The van der Waals surface area contributed by atoms with Crippen molar-refractivity contribution in [1.82, 2.24) is 34.3 Å². The van der Waals surface area contributed by atoms with Crippen molar-refractivity contribution in [1.29, 1.82) is 0 Å². The fourth-order valence-electron chi connectivity index (χ4n) is 4.04. The van der Waals surface area contributed by atoms with E-state index in [1.54, 1.807) is 11.2 Å². The second-order valence-corrected chi connectivity index (χ2v) is 7.37. The first-order valence-corrected chi connectivity index (χ1v) is 9.54. The largest absolute Gasteiger partial charge is 0.348 e. The molecule has 0 bridgehead atoms. The molecule has 0 unspecified atom stereocenters. The number of nitrogens with zero attached hydrogens (tertiary/aromatic N) is 6. The van der Waals surface area contributed by atoms with Gasteiger partial charge in [0.25, 0.3) is 12.3 Å². The molecular formula is C20H19F2N7O. The molecule has 1 atom stereocenters. The topological polar surface area (TPSA) is 84.1 Å². The third kappa shape index (κ3) is 2.78. The van der Waals surface area contributed by atoms with E-state index in [4.69, 9.17) is 5.10 Å². The summed E-state index contributed by atoms with van der Waals surface area (Å²) < 4.78 is 29.2. The van der Waals surface area contributed by atoms with Crippen molar-refractivity contribution in [2.75, 3.05) is 6.54 Å². The molecule has 1 aliphatic rings. The quantitative estimate of drug-likeness (QED) is 0.562. The van der Waals surface area contributed by atoms with Crippen molar-refractivity contribution in [2.45, 2.75) is 25.8 Å². The molecule has 5 heterocycles. The van der Waals surface area contributed by atoms with Gasteiger partial charge in [0.1, 0.15) is 17.4 Å². The number of nitrogens with one attached hydrogen (secondary N) is 1. The van der Waals surface area contributed by atoms with E-state index < -0.39 is 18.2 Å². The van der Waals surface area contributed by atoms with E-state index in [-0.39, 0.29) is 11.6 Å². The highest BCUT2D eigenvalue weighted by Gasteiger charge is 2.37. The number of H-pyrrole nitrogens is 1. The molecule has 154 valence electrons. The average Bonchev–Trinajstić information content (AvgIpc) is 3.44. The van der Waals surface area contributed by atoms with E-state index in [1.807, 2.05) is 35.7 Å². The minimum absolute atomic E-state index is 0.106. The van der Waals surface area contributed by atoms with Gasteiger partial charge < -0.3 is 9.88 Å². The highest BCUT2D eigenvalue weighted by atomic mass is 19.3. The first kappa shape index (κ1) is 18.5. The Morgan fingerprint density at radius 2 is 2.10 bits per heavy atom. The number of rotatable bonds is 3. The van der Waals surface area contributed by atoms with Crippen LogP contribution >= 0.6 is 0 Å². The number of pyridine rings is 1. The van der Waals surface area contributed by atoms with Gasteiger partial charge in [-0.15, -0.1) is 0 Å². The SMILES string of the molecule is Cc1cccc2cc([C@H]3c4nc[nH]c4CCN3C(=O)c3cc(C(F)F)nn3C)nn12. The summed E-state index contributed by atoms with van der Waals surface area (Å²) >= 11 is 0. The maximum absolute atomic E-state index is 13.4. The number of aryl methyl sites for hydroxylation is 2. The number of hydrogen-bond acceptors (Lipinski definition) is 4. The molecule has 1 amide bonds. The van der Waals surface area contributed by atoms with Gasteiger partial charge in [-0.25, -0.2) is 18.3 Å². The van der Waals surface area contributed by atoms with Crippen LogP contribution in [0.4, 0.5) is 8.78 Å². The molecule has 10 heteroatoms. The first-order chi connectivity index (χ1) is 14.4. The van der Waals surface area contributed by atoms with Gasteiger partial charge in [-0.3, -0.25) is 9.48 Å². The number of fused-ring (bicyclic) bond motifs is 2. The minimum atomic E-state index is -2.74. The van der Waals surface area contributed by atoms with Gasteiger partial charge in [0.15, 0.2) is 0 Å². The van der Waals surface area contributed by atoms with Crippen LogP contribution in [-0.2, 0) is 13.5 Å². The van der Waals surface area contributed by atoms with Gasteiger partial charge in [-0.2, -0.15) is 10.2 Å². The smallest absolute Gasteiger partial charge is 0.282 e. The van der Waals surface area contributed by atoms with Crippen LogP contribution in [0.5, 0.6) is 0 Å². The van der Waals surface area contributed by atoms with E-state index in [1.165, 1.54) is 11.7 Å². The highest BCUT2D eigenvalue weighted by molar-refractivity contribution is 5.93. The van der Waals surface area contributed by atoms with Crippen LogP contribution in [-0.4, -0.2) is 46.7 Å². The Hall–Kier alpha value is -3.56. The summed E-state index contributed by atoms with van der Waals surface area (Å²) in [4.78, 5) is 22.6. The van der Waals surface area contributed by atoms with Crippen molar-refractivity contribution in [2.24, 2.45) is 7.05 Å². The second-order valence-electron chi connectivity index (χ2n) is 7.37. The van der Waals surface area contributed by atoms with Crippen molar-refractivity contribution in [3.63, 3.8) is 0 Å². The summed E-state index contributed by atoms with van der Waals surface area (Å²) in [6, 6.07) is 8.39. The van der Waals surface area contributed by atoms with Crippen LogP contribution < -0.4 is 0 Å². The third-order valence-electron chi connectivity index (χ3n) is 5.50. The lowest BCUT2D eigenvalue weighted by atomic mass is 9.99. The number of carbonyl (C=O) groups excluding carboxylic acids is 1. The standard InChI is InChI=1S/C20H19F2N7O/c1-11-4-3-5-12-8-14(26-29(11)12)18-17-13(23-10-24-17)6-7-28(18)20(30)16-9-15(19(21)22)25-27(16)2/h3-5,8-10,18-19H,6-7H2,1-2H3,(H,23,24)/t18-/m0/s1. The van der Waals surface area contributed by atoms with E-state index in [0.29, 0.717) is 24.4 Å². The van der Waals surface area contributed by atoms with Gasteiger partial charge in [0.2, 0.25) is 0 Å². The lowest BCUT2D eigenvalue weighted by Gasteiger charge is -2.33. The number of amides is 1. The van der Waals surface area contributed by atoms with Crippen molar-refractivity contribution in [3.8, 4) is 0 Å². The molecule has 0 aromatic carbocycles. The summed E-state index contributed by atoms with van der Waals surface area (Å²) in [5, 5.41) is 8.51. The maximum Gasteiger partial charge on any atom is 0.282 e. The summed E-state index contributed by atoms with van der Waals surface area (Å²) in [5.41, 5.74) is 3.88. The van der Waals surface area contributed by atoms with Crippen molar-refractivity contribution < 1.29 is 13.6 Å². The molecule has 0 spiro atoms. The predicted molar refractivity (Wildman–Crippen MR) is 103 cm³/mol. The molecule has 30 heavy (non-hydrogen) atoms.